The molecule has 0 bridgehead atoms. The van der Waals surface area contributed by atoms with E-state index < -0.39 is 0 Å². The molecule has 21 heavy (non-hydrogen) atoms. The highest BCUT2D eigenvalue weighted by atomic mass is 35.5. The molecular weight excluding hydrogens is 347 g/mol. The maximum absolute atomic E-state index is 12.2. The third-order valence-electron chi connectivity index (χ3n) is 3.13. The number of carbonyl (C=O) groups is 1. The Balaban J connectivity index is 2.17. The van der Waals surface area contributed by atoms with Crippen molar-refractivity contribution in [1.29, 1.82) is 0 Å². The number of nitrogens with zero attached hydrogens (tertiary/aromatic N) is 2. The Hall–Kier alpha value is -1.14. The molecule has 0 spiro atoms. The summed E-state index contributed by atoms with van der Waals surface area (Å²) >= 11 is 14.7. The molecule has 2 aromatic heterocycles. The van der Waals surface area contributed by atoms with Gasteiger partial charge in [-0.1, -0.05) is 34.5 Å². The molecule has 0 fully saturated rings. The highest BCUT2D eigenvalue weighted by molar-refractivity contribution is 7.18. The lowest BCUT2D eigenvalue weighted by Gasteiger charge is -2.01. The zero-order chi connectivity index (χ0) is 15.1. The first-order valence-corrected chi connectivity index (χ1v) is 8.45. The van der Waals surface area contributed by atoms with Crippen LogP contribution in [-0.4, -0.2) is 10.5 Å². The van der Waals surface area contributed by atoms with Gasteiger partial charge in [-0.3, -0.25) is 4.79 Å². The number of amides is 1. The van der Waals surface area contributed by atoms with Crippen molar-refractivity contribution in [3.8, 4) is 0 Å². The molecule has 1 amide bonds. The summed E-state index contributed by atoms with van der Waals surface area (Å²) in [5.74, 6) is -0.280. The Kier molecular flexibility index (Phi) is 3.92. The van der Waals surface area contributed by atoms with Crippen molar-refractivity contribution < 1.29 is 4.79 Å². The first-order chi connectivity index (χ1) is 9.97. The molecule has 1 aromatic carbocycles. The second-order valence-corrected chi connectivity index (χ2v) is 7.61. The van der Waals surface area contributed by atoms with Gasteiger partial charge in [-0.15, -0.1) is 11.3 Å². The van der Waals surface area contributed by atoms with E-state index in [-0.39, 0.29) is 5.91 Å². The molecule has 0 unspecified atom stereocenters. The summed E-state index contributed by atoms with van der Waals surface area (Å²) in [6, 6.07) is 7.19. The van der Waals surface area contributed by atoms with Crippen molar-refractivity contribution >= 4 is 62.0 Å². The lowest BCUT2D eigenvalue weighted by Crippen LogP contribution is -2.13. The van der Waals surface area contributed by atoms with Gasteiger partial charge >= 0.3 is 0 Å². The number of hydrogen-bond acceptors (Lipinski definition) is 3. The first-order valence-electron chi connectivity index (χ1n) is 6.06. The SMILES string of the molecule is Cc1c(Cl)ccc2sc(=NC(=O)c3ccc(Cl)s3)n(C)c12. The predicted octanol–water partition coefficient (Wildman–Crippen LogP) is 4.66. The Bertz CT molecular complexity index is 921. The van der Waals surface area contributed by atoms with E-state index in [1.165, 1.54) is 22.7 Å². The molecule has 0 N–H and O–H groups in total. The Morgan fingerprint density at radius 2 is 1.95 bits per heavy atom. The van der Waals surface area contributed by atoms with Crippen LogP contribution < -0.4 is 4.80 Å². The number of carbonyl (C=O) groups excluding carboxylic acids is 1. The van der Waals surface area contributed by atoms with Crippen molar-refractivity contribution in [3.63, 3.8) is 0 Å². The topological polar surface area (TPSA) is 34.4 Å². The van der Waals surface area contributed by atoms with Crippen molar-refractivity contribution in [3.05, 3.63) is 48.9 Å². The Morgan fingerprint density at radius 3 is 2.62 bits per heavy atom. The van der Waals surface area contributed by atoms with Gasteiger partial charge in [-0.2, -0.15) is 4.99 Å². The lowest BCUT2D eigenvalue weighted by molar-refractivity contribution is 0.100. The average molecular weight is 357 g/mol. The Labute approximate surface area is 139 Å². The number of aromatic nitrogens is 1. The van der Waals surface area contributed by atoms with Crippen LogP contribution in [-0.2, 0) is 7.05 Å². The summed E-state index contributed by atoms with van der Waals surface area (Å²) in [6.07, 6.45) is 0. The molecule has 0 saturated heterocycles. The van der Waals surface area contributed by atoms with Gasteiger partial charge in [-0.05, 0) is 36.8 Å². The quantitative estimate of drug-likeness (QED) is 0.624. The van der Waals surface area contributed by atoms with Gasteiger partial charge in [-0.25, -0.2) is 0 Å². The molecule has 3 aromatic rings. The van der Waals surface area contributed by atoms with Crippen molar-refractivity contribution in [2.45, 2.75) is 6.92 Å². The number of aryl methyl sites for hydroxylation is 2. The number of halogens is 2. The predicted molar refractivity (Wildman–Crippen MR) is 89.8 cm³/mol. The molecule has 0 saturated carbocycles. The van der Waals surface area contributed by atoms with Crippen LogP contribution in [0.2, 0.25) is 9.36 Å². The van der Waals surface area contributed by atoms with E-state index in [0.717, 1.165) is 15.8 Å². The second-order valence-electron chi connectivity index (χ2n) is 4.48. The average Bonchev–Trinajstić information content (AvgIpc) is 3.00. The van der Waals surface area contributed by atoms with Crippen molar-refractivity contribution in [1.82, 2.24) is 4.57 Å². The number of fused-ring (bicyclic) bond motifs is 1. The number of benzene rings is 1. The van der Waals surface area contributed by atoms with Gasteiger partial charge in [0, 0.05) is 12.1 Å². The molecule has 7 heteroatoms. The standard InChI is InChI=1S/C14H10Cl2N2OS2/c1-7-8(15)3-4-9-12(7)18(2)14(21-9)17-13(19)10-5-6-11(16)20-10/h3-6H,1-2H3. The molecule has 0 aliphatic rings. The summed E-state index contributed by atoms with van der Waals surface area (Å²) < 4.78 is 3.53. The summed E-state index contributed by atoms with van der Waals surface area (Å²) in [5, 5.41) is 0.707. The highest BCUT2D eigenvalue weighted by Crippen LogP contribution is 2.27. The van der Waals surface area contributed by atoms with Gasteiger partial charge < -0.3 is 4.57 Å². The van der Waals surface area contributed by atoms with Gasteiger partial charge in [0.1, 0.15) is 0 Å². The zero-order valence-electron chi connectivity index (χ0n) is 11.2. The van der Waals surface area contributed by atoms with E-state index in [0.29, 0.717) is 19.0 Å². The van der Waals surface area contributed by atoms with E-state index in [9.17, 15) is 4.79 Å². The fourth-order valence-electron chi connectivity index (χ4n) is 2.08. The molecular formula is C14H10Cl2N2OS2. The van der Waals surface area contributed by atoms with Crippen LogP contribution in [0.25, 0.3) is 10.2 Å². The molecule has 3 rings (SSSR count). The van der Waals surface area contributed by atoms with Crippen LogP contribution in [0.5, 0.6) is 0 Å². The summed E-state index contributed by atoms with van der Waals surface area (Å²) in [6.45, 7) is 1.96. The second kappa shape index (κ2) is 5.57. The van der Waals surface area contributed by atoms with E-state index in [4.69, 9.17) is 23.2 Å². The van der Waals surface area contributed by atoms with Crippen LogP contribution in [0.1, 0.15) is 15.2 Å². The minimum atomic E-state index is -0.280. The fourth-order valence-corrected chi connectivity index (χ4v) is 4.24. The van der Waals surface area contributed by atoms with Gasteiger partial charge in [0.15, 0.2) is 4.80 Å². The summed E-state index contributed by atoms with van der Waals surface area (Å²) in [7, 11) is 1.88. The summed E-state index contributed by atoms with van der Waals surface area (Å²) in [4.78, 5) is 17.5. The van der Waals surface area contributed by atoms with E-state index in [1.54, 1.807) is 12.1 Å². The lowest BCUT2D eigenvalue weighted by atomic mass is 10.2. The third-order valence-corrected chi connectivity index (χ3v) is 5.86. The first kappa shape index (κ1) is 14.8. The normalized spacial score (nSPS) is 12.3. The molecule has 0 aliphatic carbocycles. The maximum Gasteiger partial charge on any atom is 0.289 e. The highest BCUT2D eigenvalue weighted by Gasteiger charge is 2.11. The fraction of sp³-hybridized carbons (Fsp3) is 0.143. The van der Waals surface area contributed by atoms with Gasteiger partial charge in [0.2, 0.25) is 0 Å². The molecule has 2 heterocycles. The van der Waals surface area contributed by atoms with E-state index >= 15 is 0 Å². The monoisotopic (exact) mass is 356 g/mol. The maximum atomic E-state index is 12.2. The van der Waals surface area contributed by atoms with E-state index in [2.05, 4.69) is 4.99 Å². The van der Waals surface area contributed by atoms with Crippen LogP contribution in [0, 0.1) is 6.92 Å². The van der Waals surface area contributed by atoms with Crippen LogP contribution in [0.3, 0.4) is 0 Å². The largest absolute Gasteiger partial charge is 0.319 e. The van der Waals surface area contributed by atoms with Gasteiger partial charge in [0.25, 0.3) is 5.91 Å². The van der Waals surface area contributed by atoms with Crippen molar-refractivity contribution in [2.24, 2.45) is 12.0 Å². The Morgan fingerprint density at radius 1 is 1.19 bits per heavy atom. The molecule has 0 atom stereocenters. The minimum absolute atomic E-state index is 0.280. The minimum Gasteiger partial charge on any atom is -0.319 e. The number of rotatable bonds is 1. The van der Waals surface area contributed by atoms with Crippen molar-refractivity contribution in [2.75, 3.05) is 0 Å². The van der Waals surface area contributed by atoms with Crippen LogP contribution >= 0.6 is 45.9 Å². The van der Waals surface area contributed by atoms with Gasteiger partial charge in [0.05, 0.1) is 19.4 Å². The summed E-state index contributed by atoms with van der Waals surface area (Å²) in [5.41, 5.74) is 1.99. The number of thiophene rings is 1. The number of hydrogen-bond donors (Lipinski definition) is 0. The zero-order valence-corrected chi connectivity index (χ0v) is 14.3. The van der Waals surface area contributed by atoms with Crippen LogP contribution in [0.15, 0.2) is 29.3 Å². The molecule has 108 valence electrons. The molecule has 0 aliphatic heterocycles. The third kappa shape index (κ3) is 2.66. The van der Waals surface area contributed by atoms with Crippen LogP contribution in [0.4, 0.5) is 0 Å². The number of thiazole rings is 1. The smallest absolute Gasteiger partial charge is 0.289 e. The van der Waals surface area contributed by atoms with E-state index in [1.807, 2.05) is 30.7 Å². The molecule has 3 nitrogen and oxygen atoms in total. The molecule has 0 radical (unpaired) electrons.